The minimum atomic E-state index is -0.116. The summed E-state index contributed by atoms with van der Waals surface area (Å²) in [5, 5.41) is 3.43. The molecule has 2 heterocycles. The fraction of sp³-hybridized carbons (Fsp3) is 0.125. The zero-order valence-electron chi connectivity index (χ0n) is 11.7. The van der Waals surface area contributed by atoms with Crippen molar-refractivity contribution in [1.82, 2.24) is 5.32 Å². The highest BCUT2D eigenvalue weighted by atomic mass is 32.1. The summed E-state index contributed by atoms with van der Waals surface area (Å²) in [4.78, 5) is 16.5. The minimum absolute atomic E-state index is 0.116. The summed E-state index contributed by atoms with van der Waals surface area (Å²) in [6.07, 6.45) is 1.87. The van der Waals surface area contributed by atoms with E-state index in [9.17, 15) is 4.79 Å². The van der Waals surface area contributed by atoms with Gasteiger partial charge < -0.3 is 5.32 Å². The molecule has 0 spiro atoms. The van der Waals surface area contributed by atoms with Gasteiger partial charge in [-0.1, -0.05) is 18.2 Å². The second-order valence-electron chi connectivity index (χ2n) is 4.83. The maximum absolute atomic E-state index is 12.5. The topological polar surface area (TPSA) is 32.3 Å². The van der Waals surface area contributed by atoms with E-state index in [0.717, 1.165) is 11.3 Å². The molecule has 1 aromatic heterocycles. The lowest BCUT2D eigenvalue weighted by Gasteiger charge is -2.13. The second-order valence-corrected chi connectivity index (χ2v) is 6.68. The highest BCUT2D eigenvalue weighted by molar-refractivity contribution is 7.80. The summed E-state index contributed by atoms with van der Waals surface area (Å²) >= 11 is 7.01. The number of nitrogens with one attached hydrogen (secondary N) is 1. The largest absolute Gasteiger partial charge is 0.327 e. The highest BCUT2D eigenvalue weighted by Gasteiger charge is 2.31. The number of hydrogen-bond donors (Lipinski definition) is 1. The Morgan fingerprint density at radius 1 is 1.24 bits per heavy atom. The van der Waals surface area contributed by atoms with Gasteiger partial charge in [0.1, 0.15) is 5.70 Å². The number of thiocarbonyl (C=S) groups is 1. The molecule has 1 amide bonds. The van der Waals surface area contributed by atoms with Gasteiger partial charge in [-0.2, -0.15) is 0 Å². The molecule has 106 valence electrons. The van der Waals surface area contributed by atoms with Crippen LogP contribution < -0.4 is 10.2 Å². The van der Waals surface area contributed by atoms with Crippen molar-refractivity contribution in [1.29, 1.82) is 0 Å². The monoisotopic (exact) mass is 314 g/mol. The van der Waals surface area contributed by atoms with Crippen molar-refractivity contribution in [2.45, 2.75) is 13.8 Å². The van der Waals surface area contributed by atoms with Gasteiger partial charge in [0, 0.05) is 9.75 Å². The minimum Gasteiger partial charge on any atom is -0.327 e. The van der Waals surface area contributed by atoms with E-state index in [1.165, 1.54) is 14.7 Å². The Morgan fingerprint density at radius 2 is 1.95 bits per heavy atom. The van der Waals surface area contributed by atoms with Crippen LogP contribution in [0.25, 0.3) is 6.08 Å². The van der Waals surface area contributed by atoms with Crippen molar-refractivity contribution < 1.29 is 4.79 Å². The van der Waals surface area contributed by atoms with Gasteiger partial charge in [0.25, 0.3) is 5.91 Å². The Morgan fingerprint density at radius 3 is 2.57 bits per heavy atom. The van der Waals surface area contributed by atoms with E-state index in [1.807, 2.05) is 36.4 Å². The first-order valence-corrected chi connectivity index (χ1v) is 7.78. The lowest BCUT2D eigenvalue weighted by molar-refractivity contribution is -0.113. The number of hydrogen-bond acceptors (Lipinski definition) is 3. The number of anilines is 1. The average Bonchev–Trinajstić information content (AvgIpc) is 2.91. The fourth-order valence-corrected chi connectivity index (χ4v) is 3.50. The van der Waals surface area contributed by atoms with E-state index in [2.05, 4.69) is 25.2 Å². The zero-order valence-corrected chi connectivity index (χ0v) is 13.3. The number of rotatable bonds is 2. The Bertz CT molecular complexity index is 747. The van der Waals surface area contributed by atoms with Gasteiger partial charge >= 0.3 is 0 Å². The molecule has 3 rings (SSSR count). The van der Waals surface area contributed by atoms with E-state index >= 15 is 0 Å². The van der Waals surface area contributed by atoms with Crippen LogP contribution in [0.4, 0.5) is 5.69 Å². The van der Waals surface area contributed by atoms with E-state index in [1.54, 1.807) is 11.3 Å². The molecular weight excluding hydrogens is 300 g/mol. The third-order valence-electron chi connectivity index (χ3n) is 3.27. The van der Waals surface area contributed by atoms with Gasteiger partial charge in [-0.05, 0) is 55.9 Å². The first kappa shape index (κ1) is 14.0. The number of carbonyl (C=O) groups excluding carboxylic acids is 1. The number of amides is 1. The van der Waals surface area contributed by atoms with Gasteiger partial charge in [-0.3, -0.25) is 9.69 Å². The molecule has 0 saturated carbocycles. The van der Waals surface area contributed by atoms with Crippen LogP contribution in [0.15, 0.2) is 42.1 Å². The molecule has 2 aromatic rings. The molecule has 1 aliphatic rings. The molecule has 0 bridgehead atoms. The average molecular weight is 314 g/mol. The molecule has 0 aliphatic carbocycles. The van der Waals surface area contributed by atoms with Crippen molar-refractivity contribution in [3.8, 4) is 0 Å². The Hall–Kier alpha value is -1.98. The van der Waals surface area contributed by atoms with E-state index in [0.29, 0.717) is 10.8 Å². The summed E-state index contributed by atoms with van der Waals surface area (Å²) in [5.41, 5.74) is 2.36. The third kappa shape index (κ3) is 2.62. The molecule has 0 unspecified atom stereocenters. The van der Waals surface area contributed by atoms with Crippen LogP contribution in [0, 0.1) is 13.8 Å². The second kappa shape index (κ2) is 5.42. The lowest BCUT2D eigenvalue weighted by Crippen LogP contribution is -2.30. The van der Waals surface area contributed by atoms with Gasteiger partial charge in [0.05, 0.1) is 5.69 Å². The maximum Gasteiger partial charge on any atom is 0.281 e. The summed E-state index contributed by atoms with van der Waals surface area (Å²) in [7, 11) is 0. The van der Waals surface area contributed by atoms with Crippen LogP contribution in [0.1, 0.15) is 15.3 Å². The Labute approximate surface area is 132 Å². The predicted molar refractivity (Wildman–Crippen MR) is 91.4 cm³/mol. The SMILES string of the molecule is Cc1cc(/C=C2/NC(=S)N(c3ccccc3)C2=O)c(C)s1. The smallest absolute Gasteiger partial charge is 0.281 e. The molecule has 21 heavy (non-hydrogen) atoms. The Balaban J connectivity index is 1.96. The number of carbonyl (C=O) groups is 1. The van der Waals surface area contributed by atoms with Crippen molar-refractivity contribution in [3.63, 3.8) is 0 Å². The summed E-state index contributed by atoms with van der Waals surface area (Å²) in [6.45, 7) is 4.11. The number of thiophene rings is 1. The Kier molecular flexibility index (Phi) is 3.61. The van der Waals surface area contributed by atoms with Crippen molar-refractivity contribution in [2.24, 2.45) is 0 Å². The molecule has 3 nitrogen and oxygen atoms in total. The molecule has 5 heteroatoms. The fourth-order valence-electron chi connectivity index (χ4n) is 2.30. The molecule has 1 fully saturated rings. The number of aryl methyl sites for hydroxylation is 2. The van der Waals surface area contributed by atoms with Crippen LogP contribution in [-0.4, -0.2) is 11.0 Å². The molecular formula is C16H14N2OS2. The standard InChI is InChI=1S/C16H14N2OS2/c1-10-8-12(11(2)21-10)9-14-15(19)18(16(20)17-14)13-6-4-3-5-7-13/h3-9H,1-2H3,(H,17,20)/b14-9+. The van der Waals surface area contributed by atoms with Gasteiger partial charge in [-0.25, -0.2) is 0 Å². The van der Waals surface area contributed by atoms with Gasteiger partial charge in [0.15, 0.2) is 5.11 Å². The normalized spacial score (nSPS) is 16.7. The van der Waals surface area contributed by atoms with Crippen LogP contribution in [0.5, 0.6) is 0 Å². The van der Waals surface area contributed by atoms with Crippen LogP contribution in [0.3, 0.4) is 0 Å². The molecule has 1 aromatic carbocycles. The van der Waals surface area contributed by atoms with E-state index in [4.69, 9.17) is 12.2 Å². The van der Waals surface area contributed by atoms with Gasteiger partial charge in [-0.15, -0.1) is 11.3 Å². The number of para-hydroxylation sites is 1. The number of nitrogens with zero attached hydrogens (tertiary/aromatic N) is 1. The molecule has 0 radical (unpaired) electrons. The quantitative estimate of drug-likeness (QED) is 0.678. The molecule has 0 atom stereocenters. The van der Waals surface area contributed by atoms with Crippen LogP contribution in [0.2, 0.25) is 0 Å². The highest BCUT2D eigenvalue weighted by Crippen LogP contribution is 2.26. The summed E-state index contributed by atoms with van der Waals surface area (Å²) in [5.74, 6) is -0.116. The van der Waals surface area contributed by atoms with Crippen molar-refractivity contribution >= 4 is 46.3 Å². The lowest BCUT2D eigenvalue weighted by atomic mass is 10.2. The van der Waals surface area contributed by atoms with E-state index in [-0.39, 0.29) is 5.91 Å². The summed E-state index contributed by atoms with van der Waals surface area (Å²) in [6, 6.07) is 11.5. The van der Waals surface area contributed by atoms with E-state index < -0.39 is 0 Å². The first-order valence-electron chi connectivity index (χ1n) is 6.55. The first-order chi connectivity index (χ1) is 10.1. The summed E-state index contributed by atoms with van der Waals surface area (Å²) < 4.78 is 0. The van der Waals surface area contributed by atoms with Crippen molar-refractivity contribution in [2.75, 3.05) is 4.90 Å². The molecule has 1 N–H and O–H groups in total. The third-order valence-corrected chi connectivity index (χ3v) is 4.54. The predicted octanol–water partition coefficient (Wildman–Crippen LogP) is 3.63. The number of benzene rings is 1. The molecule has 1 aliphatic heterocycles. The zero-order chi connectivity index (χ0) is 15.0. The van der Waals surface area contributed by atoms with Gasteiger partial charge in [0.2, 0.25) is 0 Å². The van der Waals surface area contributed by atoms with Crippen LogP contribution >= 0.6 is 23.6 Å². The maximum atomic E-state index is 12.5. The van der Waals surface area contributed by atoms with Crippen LogP contribution in [-0.2, 0) is 4.79 Å². The van der Waals surface area contributed by atoms with Crippen molar-refractivity contribution in [3.05, 3.63) is 57.4 Å². The molecule has 1 saturated heterocycles.